The molecule has 4 fully saturated rings. The zero-order chi connectivity index (χ0) is 67.1. The minimum Gasteiger partial charge on any atom is -0.507 e. The van der Waals surface area contributed by atoms with Crippen molar-refractivity contribution >= 4 is 117 Å². The van der Waals surface area contributed by atoms with E-state index in [1.807, 2.05) is 10.8 Å². The van der Waals surface area contributed by atoms with Crippen molar-refractivity contribution < 1.29 is 82.1 Å². The van der Waals surface area contributed by atoms with Gasteiger partial charge >= 0.3 is 5.97 Å². The summed E-state index contributed by atoms with van der Waals surface area (Å²) >= 11 is 0. The summed E-state index contributed by atoms with van der Waals surface area (Å²) in [5.41, 5.74) is 14.5. The number of carboxylic acid groups (broad SMARTS) is 1. The van der Waals surface area contributed by atoms with Crippen molar-refractivity contribution in [3.8, 4) is 41.7 Å². The Hall–Kier alpha value is -12.9. The predicted octanol–water partition coefficient (Wildman–Crippen LogP) is 0.141. The first kappa shape index (κ1) is 64.5. The Morgan fingerprint density at radius 3 is 1.42 bits per heavy atom. The summed E-state index contributed by atoms with van der Waals surface area (Å²) in [6.07, 6.45) is 12.7. The van der Waals surface area contributed by atoms with E-state index in [1.165, 1.54) is 54.5 Å². The molecule has 0 saturated carbocycles. The second-order valence-electron chi connectivity index (χ2n) is 21.0. The number of phenolic OH excluding ortho intramolecular Hbond substituents is 1. The average molecular weight is 1270 g/mol. The molecule has 93 heavy (non-hydrogen) atoms. The number of nitrogens with zero attached hydrogens (tertiary/aromatic N) is 7. The molecule has 4 saturated heterocycles. The quantitative estimate of drug-likeness (QED) is 0.0410. The maximum atomic E-state index is 13.3. The van der Waals surface area contributed by atoms with Crippen molar-refractivity contribution in [1.82, 2.24) is 45.7 Å². The lowest BCUT2D eigenvalue weighted by Crippen LogP contribution is -2.54. The largest absolute Gasteiger partial charge is 0.507 e. The van der Waals surface area contributed by atoms with Crippen LogP contribution in [0.4, 0.5) is 28.6 Å². The second-order valence-corrected chi connectivity index (χ2v) is 21.0. The number of aromatic hydroxyl groups is 1. The Balaban J connectivity index is 0.000000174. The van der Waals surface area contributed by atoms with Gasteiger partial charge in [-0.15, -0.1) is 23.0 Å². The van der Waals surface area contributed by atoms with E-state index in [0.717, 1.165) is 14.7 Å². The number of carbonyl (C=O) groups excluding carboxylic acids is 14. The van der Waals surface area contributed by atoms with Gasteiger partial charge in [0.1, 0.15) is 23.9 Å². The van der Waals surface area contributed by atoms with Crippen molar-refractivity contribution in [2.24, 2.45) is 0 Å². The third-order valence-electron chi connectivity index (χ3n) is 15.3. The van der Waals surface area contributed by atoms with Crippen LogP contribution in [0, 0.1) is 24.7 Å². The lowest BCUT2D eigenvalue weighted by molar-refractivity contribution is -0.137. The van der Waals surface area contributed by atoms with Crippen LogP contribution in [-0.4, -0.2) is 173 Å². The van der Waals surface area contributed by atoms with Gasteiger partial charge in [0.15, 0.2) is 5.82 Å². The lowest BCUT2D eigenvalue weighted by Gasteiger charge is -2.35. The molecule has 4 aromatic carbocycles. The van der Waals surface area contributed by atoms with Gasteiger partial charge in [-0.2, -0.15) is 0 Å². The number of nitrogens with two attached hydrogens (primary N) is 2. The van der Waals surface area contributed by atoms with E-state index in [1.54, 1.807) is 48.7 Å². The van der Waals surface area contributed by atoms with Crippen LogP contribution in [0.3, 0.4) is 0 Å². The number of imide groups is 6. The Bertz CT molecular complexity index is 4240. The highest BCUT2D eigenvalue weighted by atomic mass is 16.4. The standard InChI is InChI=1S/C30H28N8O6.C16H11N3O5.C13H11N3O4.C3H2O2/c31-27-22(16-20(34-35-27)17-4-1-2-7-23(17)39)37-14-12-36(13-15-37)11-10-25(41)32-19-6-3-5-18-26(19)30(44)38(29(18)43)21-8-9-24(40)33-28(21)42;1-2-11(20)17-9-5-3-4-8-13(9)16(24)19(15(8)23)10-6-7-12(21)18-14(10)22;14-7-3-1-2-6-10(7)13(20)16(12(6)19)8-4-5-9(17)15-11(8)18;1-2-3(4)5/h1-7,10-11,16,21,39H,8-9,12-15H2,(H2,31,35)(H,32,41)(H,33,40,42);1,3-5,10H,6-7H2,(H,17,20)(H,18,21,22);1-3,8H,4-5,14H2,(H,15,17,18);1H,(H,4,5)/b11-10+;;;. The number of nitrogens with one attached hydrogen (secondary N) is 5. The van der Waals surface area contributed by atoms with Gasteiger partial charge in [-0.1, -0.05) is 30.3 Å². The van der Waals surface area contributed by atoms with Crippen molar-refractivity contribution in [2.75, 3.05) is 53.2 Å². The van der Waals surface area contributed by atoms with Crippen LogP contribution in [0.5, 0.6) is 5.75 Å². The molecule has 472 valence electrons. The minimum atomic E-state index is -1.22. The molecule has 5 aromatic rings. The van der Waals surface area contributed by atoms with Crippen LogP contribution in [-0.2, 0) is 43.2 Å². The molecule has 0 aliphatic carbocycles. The van der Waals surface area contributed by atoms with E-state index in [2.05, 4.69) is 48.1 Å². The minimum absolute atomic E-state index is 0.00399. The number of fused-ring (bicyclic) bond motifs is 3. The number of piperidine rings is 3. The van der Waals surface area contributed by atoms with Crippen LogP contribution in [0.1, 0.15) is 101 Å². The number of para-hydroxylation sites is 1. The van der Waals surface area contributed by atoms with E-state index in [-0.39, 0.29) is 101 Å². The molecule has 3 unspecified atom stereocenters. The van der Waals surface area contributed by atoms with Crippen molar-refractivity contribution in [2.45, 2.75) is 56.7 Å². The zero-order valence-corrected chi connectivity index (χ0v) is 48.5. The van der Waals surface area contributed by atoms with Crippen LogP contribution < -0.4 is 43.0 Å². The molecule has 14 amide bonds. The molecule has 11 N–H and O–H groups in total. The Morgan fingerprint density at radius 1 is 0.548 bits per heavy atom. The number of carbonyl (C=O) groups is 15. The first-order valence-corrected chi connectivity index (χ1v) is 28.1. The van der Waals surface area contributed by atoms with Gasteiger partial charge in [-0.3, -0.25) is 97.8 Å². The maximum absolute atomic E-state index is 13.3. The number of rotatable bonds is 9. The van der Waals surface area contributed by atoms with Crippen LogP contribution in [0.2, 0.25) is 0 Å². The third-order valence-corrected chi connectivity index (χ3v) is 15.3. The summed E-state index contributed by atoms with van der Waals surface area (Å²) in [5, 5.41) is 37.3. The number of aliphatic carboxylic acids is 1. The van der Waals surface area contributed by atoms with E-state index < -0.39 is 107 Å². The molecule has 0 radical (unpaired) electrons. The number of hydrogen-bond donors (Lipinski definition) is 9. The number of nitrogen functional groups attached to an aromatic ring is 2. The molecule has 7 aliphatic heterocycles. The molecule has 0 bridgehead atoms. The van der Waals surface area contributed by atoms with Gasteiger partial charge in [-0.05, 0) is 79.8 Å². The molecule has 31 heteroatoms. The van der Waals surface area contributed by atoms with E-state index >= 15 is 0 Å². The molecule has 8 heterocycles. The number of anilines is 5. The summed E-state index contributed by atoms with van der Waals surface area (Å²) in [5.74, 6) is -6.01. The SMILES string of the molecule is C#CC(=O)Nc1cccc2c1C(=O)N(C1CCC(=O)NC1=O)C2=O.C#CC(=O)O.Nc1cccc2c1C(=O)N(C1CCC(=O)NC1=O)C2=O.Nc1nnc(-c2ccccc2O)cc1N1CCN(/C=C/C(=O)Nc2cccc3c2C(=O)N(C2CCC(=O)NC2=O)C3=O)CC1. The molecule has 0 spiro atoms. The van der Waals surface area contributed by atoms with E-state index in [0.29, 0.717) is 43.1 Å². The summed E-state index contributed by atoms with van der Waals surface area (Å²) in [6.45, 7) is 2.32. The normalized spacial score (nSPS) is 18.9. The molecule has 1 aromatic heterocycles. The fourth-order valence-corrected chi connectivity index (χ4v) is 10.9. The molecule has 7 aliphatic rings. The predicted molar refractivity (Wildman–Crippen MR) is 323 cm³/mol. The molecular weight excluding hydrogens is 1210 g/mol. The monoisotopic (exact) mass is 1260 g/mol. The highest BCUT2D eigenvalue weighted by Gasteiger charge is 2.48. The number of hydrogen-bond acceptors (Lipinski definition) is 22. The number of benzene rings is 4. The summed E-state index contributed by atoms with van der Waals surface area (Å²) in [4.78, 5) is 186. The average Bonchev–Trinajstić information content (AvgIpc) is 1.64. The van der Waals surface area contributed by atoms with Gasteiger partial charge in [-0.25, -0.2) is 4.79 Å². The summed E-state index contributed by atoms with van der Waals surface area (Å²) in [7, 11) is 0. The van der Waals surface area contributed by atoms with E-state index in [9.17, 15) is 72.2 Å². The number of carboxylic acids is 1. The molecule has 12 rings (SSSR count). The highest BCUT2D eigenvalue weighted by molar-refractivity contribution is 6.28. The lowest BCUT2D eigenvalue weighted by atomic mass is 10.0. The first-order chi connectivity index (χ1) is 44.4. The summed E-state index contributed by atoms with van der Waals surface area (Å²) < 4.78 is 0. The van der Waals surface area contributed by atoms with Crippen LogP contribution >= 0.6 is 0 Å². The first-order valence-electron chi connectivity index (χ1n) is 28.1. The molecule has 31 nitrogen and oxygen atoms in total. The molecular formula is C62H52N14O17. The zero-order valence-electron chi connectivity index (χ0n) is 48.5. The van der Waals surface area contributed by atoms with Crippen LogP contribution in [0.15, 0.2) is 97.2 Å². The maximum Gasteiger partial charge on any atom is 0.381 e. The van der Waals surface area contributed by atoms with Crippen LogP contribution in [0.25, 0.3) is 11.3 Å². The van der Waals surface area contributed by atoms with Gasteiger partial charge in [0, 0.05) is 74.9 Å². The summed E-state index contributed by atoms with van der Waals surface area (Å²) in [6, 6.07) is 19.0. The van der Waals surface area contributed by atoms with E-state index in [4.69, 9.17) is 27.8 Å². The topological polar surface area (TPSA) is 451 Å². The number of terminal acetylenes is 2. The third kappa shape index (κ3) is 13.4. The Morgan fingerprint density at radius 2 is 0.978 bits per heavy atom. The highest BCUT2D eigenvalue weighted by Crippen LogP contribution is 2.36. The van der Waals surface area contributed by atoms with Gasteiger partial charge < -0.3 is 42.1 Å². The van der Waals surface area contributed by atoms with Crippen molar-refractivity contribution in [3.05, 3.63) is 131 Å². The smallest absolute Gasteiger partial charge is 0.381 e. The van der Waals surface area contributed by atoms with Crippen molar-refractivity contribution in [3.63, 3.8) is 0 Å². The number of aromatic nitrogens is 2. The van der Waals surface area contributed by atoms with Gasteiger partial charge in [0.05, 0.1) is 56.1 Å². The number of piperazine rings is 1. The Labute approximate surface area is 525 Å². The number of phenols is 1. The number of amides is 14. The van der Waals surface area contributed by atoms with Gasteiger partial charge in [0.2, 0.25) is 41.4 Å². The fourth-order valence-electron chi connectivity index (χ4n) is 10.9. The molecule has 3 atom stereocenters. The Kier molecular flexibility index (Phi) is 18.9. The fraction of sp³-hybridized carbons (Fsp3) is 0.210. The van der Waals surface area contributed by atoms with Gasteiger partial charge in [0.25, 0.3) is 41.4 Å². The second kappa shape index (κ2) is 27.2. The van der Waals surface area contributed by atoms with Crippen molar-refractivity contribution in [1.29, 1.82) is 0 Å².